The summed E-state index contributed by atoms with van der Waals surface area (Å²) in [4.78, 5) is 10.9. The maximum Gasteiger partial charge on any atom is 0.138 e. The molecule has 0 unspecified atom stereocenters. The molecule has 1 N–H and O–H groups in total. The second-order valence-corrected chi connectivity index (χ2v) is 4.36. The van der Waals surface area contributed by atoms with E-state index in [1.807, 2.05) is 37.9 Å². The molecule has 0 aliphatic rings. The van der Waals surface area contributed by atoms with Crippen molar-refractivity contribution in [3.63, 3.8) is 0 Å². The van der Waals surface area contributed by atoms with E-state index >= 15 is 0 Å². The maximum absolute atomic E-state index is 13.4. The predicted octanol–water partition coefficient (Wildman–Crippen LogP) is 3.38. The third-order valence-electron chi connectivity index (χ3n) is 3.04. The van der Waals surface area contributed by atoms with Crippen LogP contribution in [0.5, 0.6) is 0 Å². The summed E-state index contributed by atoms with van der Waals surface area (Å²) in [5.74, 6) is 2.05. The quantitative estimate of drug-likeness (QED) is 0.907. The minimum atomic E-state index is -0.250. The number of anilines is 3. The fraction of sp³-hybridized carbons (Fsp3) is 0.333. The van der Waals surface area contributed by atoms with Gasteiger partial charge >= 0.3 is 0 Å². The number of aromatic nitrogens is 2. The first-order chi connectivity index (χ1) is 9.67. The number of nitrogens with zero attached hydrogens (tertiary/aromatic N) is 3. The largest absolute Gasteiger partial charge is 0.373 e. The Hall–Kier alpha value is -2.17. The highest BCUT2D eigenvalue weighted by molar-refractivity contribution is 5.62. The van der Waals surface area contributed by atoms with Crippen molar-refractivity contribution >= 4 is 17.3 Å². The third-order valence-corrected chi connectivity index (χ3v) is 3.04. The summed E-state index contributed by atoms with van der Waals surface area (Å²) < 4.78 is 13.4. The van der Waals surface area contributed by atoms with Gasteiger partial charge in [-0.1, -0.05) is 13.0 Å². The van der Waals surface area contributed by atoms with Crippen molar-refractivity contribution < 1.29 is 4.39 Å². The number of hydrogen-bond donors (Lipinski definition) is 1. The summed E-state index contributed by atoms with van der Waals surface area (Å²) in [6.07, 6.45) is 0.753. The van der Waals surface area contributed by atoms with Gasteiger partial charge in [0.1, 0.15) is 23.3 Å². The molecule has 0 fully saturated rings. The molecule has 1 aromatic carbocycles. The van der Waals surface area contributed by atoms with Gasteiger partial charge in [0.25, 0.3) is 0 Å². The van der Waals surface area contributed by atoms with E-state index in [0.29, 0.717) is 6.54 Å². The zero-order valence-electron chi connectivity index (χ0n) is 12.0. The van der Waals surface area contributed by atoms with Crippen molar-refractivity contribution in [3.8, 4) is 0 Å². The minimum absolute atomic E-state index is 0.250. The van der Waals surface area contributed by atoms with Crippen LogP contribution in [0.15, 0.2) is 30.3 Å². The molecule has 0 saturated heterocycles. The first-order valence-electron chi connectivity index (χ1n) is 6.76. The molecule has 0 radical (unpaired) electrons. The number of hydrogen-bond acceptors (Lipinski definition) is 4. The molecule has 0 aliphatic heterocycles. The minimum Gasteiger partial charge on any atom is -0.373 e. The Morgan fingerprint density at radius 1 is 1.20 bits per heavy atom. The van der Waals surface area contributed by atoms with Crippen molar-refractivity contribution in [1.29, 1.82) is 0 Å². The highest BCUT2D eigenvalue weighted by Gasteiger charge is 2.12. The van der Waals surface area contributed by atoms with Gasteiger partial charge in [-0.3, -0.25) is 0 Å². The van der Waals surface area contributed by atoms with Crippen LogP contribution in [0, 0.1) is 5.82 Å². The van der Waals surface area contributed by atoms with Gasteiger partial charge in [0.2, 0.25) is 0 Å². The van der Waals surface area contributed by atoms with E-state index in [2.05, 4.69) is 15.3 Å². The lowest BCUT2D eigenvalue weighted by molar-refractivity contribution is 0.627. The third kappa shape index (κ3) is 3.04. The van der Waals surface area contributed by atoms with Crippen LogP contribution in [0.25, 0.3) is 0 Å². The Kier molecular flexibility index (Phi) is 4.50. The SMILES string of the molecule is CCc1nc(NC)cc(N(CC)c2cccc(F)c2)n1. The standard InChI is InChI=1S/C15H19FN4/c1-4-13-18-14(17-3)10-15(19-13)20(5-2)12-8-6-7-11(16)9-12/h6-10H,4-5H2,1-3H3,(H,17,18,19). The van der Waals surface area contributed by atoms with Crippen LogP contribution < -0.4 is 10.2 Å². The van der Waals surface area contributed by atoms with Gasteiger partial charge < -0.3 is 10.2 Å². The number of rotatable bonds is 5. The van der Waals surface area contributed by atoms with E-state index in [1.54, 1.807) is 6.07 Å². The summed E-state index contributed by atoms with van der Waals surface area (Å²) in [5, 5.41) is 3.03. The van der Waals surface area contributed by atoms with E-state index in [4.69, 9.17) is 0 Å². The van der Waals surface area contributed by atoms with Crippen molar-refractivity contribution in [1.82, 2.24) is 9.97 Å². The molecule has 1 heterocycles. The topological polar surface area (TPSA) is 41.1 Å². The molecule has 0 aliphatic carbocycles. The number of halogens is 1. The van der Waals surface area contributed by atoms with E-state index in [1.165, 1.54) is 12.1 Å². The van der Waals surface area contributed by atoms with Gasteiger partial charge in [-0.2, -0.15) is 0 Å². The highest BCUT2D eigenvalue weighted by Crippen LogP contribution is 2.25. The zero-order valence-corrected chi connectivity index (χ0v) is 12.0. The fourth-order valence-corrected chi connectivity index (χ4v) is 2.03. The first kappa shape index (κ1) is 14.2. The van der Waals surface area contributed by atoms with E-state index in [0.717, 1.165) is 29.6 Å². The molecule has 20 heavy (non-hydrogen) atoms. The van der Waals surface area contributed by atoms with Crippen LogP contribution in [0.4, 0.5) is 21.7 Å². The van der Waals surface area contributed by atoms with Crippen LogP contribution in [0.2, 0.25) is 0 Å². The summed E-state index contributed by atoms with van der Waals surface area (Å²) in [5.41, 5.74) is 0.787. The molecule has 0 amide bonds. The second-order valence-electron chi connectivity index (χ2n) is 4.36. The Bertz CT molecular complexity index is 564. The van der Waals surface area contributed by atoms with Crippen LogP contribution in [-0.2, 0) is 6.42 Å². The van der Waals surface area contributed by atoms with Crippen LogP contribution in [0.1, 0.15) is 19.7 Å². The average Bonchev–Trinajstić information content (AvgIpc) is 2.47. The van der Waals surface area contributed by atoms with Crippen molar-refractivity contribution in [3.05, 3.63) is 42.0 Å². The van der Waals surface area contributed by atoms with Gasteiger partial charge in [0.15, 0.2) is 0 Å². The average molecular weight is 274 g/mol. The lowest BCUT2D eigenvalue weighted by Gasteiger charge is -2.23. The normalized spacial score (nSPS) is 10.4. The summed E-state index contributed by atoms with van der Waals surface area (Å²) in [6, 6.07) is 8.39. The van der Waals surface area contributed by atoms with E-state index < -0.39 is 0 Å². The molecule has 0 atom stereocenters. The van der Waals surface area contributed by atoms with Gasteiger partial charge in [-0.05, 0) is 25.1 Å². The van der Waals surface area contributed by atoms with Gasteiger partial charge in [-0.15, -0.1) is 0 Å². The summed E-state index contributed by atoms with van der Waals surface area (Å²) in [7, 11) is 1.82. The predicted molar refractivity (Wildman–Crippen MR) is 80.0 cm³/mol. The van der Waals surface area contributed by atoms with Crippen LogP contribution in [0.3, 0.4) is 0 Å². The van der Waals surface area contributed by atoms with Crippen LogP contribution in [-0.4, -0.2) is 23.6 Å². The van der Waals surface area contributed by atoms with Crippen LogP contribution >= 0.6 is 0 Å². The van der Waals surface area contributed by atoms with E-state index in [-0.39, 0.29) is 5.82 Å². The van der Waals surface area contributed by atoms with Crippen molar-refractivity contribution in [2.45, 2.75) is 20.3 Å². The highest BCUT2D eigenvalue weighted by atomic mass is 19.1. The summed E-state index contributed by atoms with van der Waals surface area (Å²) >= 11 is 0. The molecule has 0 spiro atoms. The molecule has 5 heteroatoms. The smallest absolute Gasteiger partial charge is 0.138 e. The monoisotopic (exact) mass is 274 g/mol. The van der Waals surface area contributed by atoms with E-state index in [9.17, 15) is 4.39 Å². The van der Waals surface area contributed by atoms with Gasteiger partial charge in [0, 0.05) is 31.8 Å². The molecule has 0 saturated carbocycles. The molecule has 2 rings (SSSR count). The number of aryl methyl sites for hydroxylation is 1. The van der Waals surface area contributed by atoms with Gasteiger partial charge in [-0.25, -0.2) is 14.4 Å². The Morgan fingerprint density at radius 3 is 2.60 bits per heavy atom. The van der Waals surface area contributed by atoms with Gasteiger partial charge in [0.05, 0.1) is 0 Å². The zero-order chi connectivity index (χ0) is 14.5. The maximum atomic E-state index is 13.4. The Balaban J connectivity index is 2.45. The van der Waals surface area contributed by atoms with Crippen molar-refractivity contribution in [2.75, 3.05) is 23.8 Å². The summed E-state index contributed by atoms with van der Waals surface area (Å²) in [6.45, 7) is 4.72. The molecular weight excluding hydrogens is 255 g/mol. The molecule has 2 aromatic rings. The lowest BCUT2D eigenvalue weighted by atomic mass is 10.2. The fourth-order valence-electron chi connectivity index (χ4n) is 2.03. The molecular formula is C15H19FN4. The molecule has 106 valence electrons. The molecule has 4 nitrogen and oxygen atoms in total. The first-order valence-corrected chi connectivity index (χ1v) is 6.76. The second kappa shape index (κ2) is 6.32. The number of benzene rings is 1. The molecule has 0 bridgehead atoms. The van der Waals surface area contributed by atoms with Crippen molar-refractivity contribution in [2.24, 2.45) is 0 Å². The lowest BCUT2D eigenvalue weighted by Crippen LogP contribution is -2.19. The number of nitrogens with one attached hydrogen (secondary N) is 1. The molecule has 1 aromatic heterocycles. The Morgan fingerprint density at radius 2 is 2.00 bits per heavy atom. The Labute approximate surface area is 118 Å².